The molecule has 1 heterocycles. The number of rotatable bonds is 3. The van der Waals surface area contributed by atoms with E-state index in [1.165, 1.54) is 7.11 Å². The third-order valence-electron chi connectivity index (χ3n) is 3.59. The Labute approximate surface area is 121 Å². The Morgan fingerprint density at radius 1 is 1.33 bits per heavy atom. The smallest absolute Gasteiger partial charge is 0.310 e. The number of carbonyl (C=O) groups is 1. The van der Waals surface area contributed by atoms with E-state index in [1.54, 1.807) is 6.92 Å². The molecule has 0 saturated carbocycles. The molecule has 2 unspecified atom stereocenters. The molecule has 0 N–H and O–H groups in total. The van der Waals surface area contributed by atoms with Gasteiger partial charge in [-0.05, 0) is 18.1 Å². The van der Waals surface area contributed by atoms with E-state index in [2.05, 4.69) is 4.74 Å². The first-order valence-electron chi connectivity index (χ1n) is 6.30. The number of esters is 1. The lowest BCUT2D eigenvalue weighted by molar-refractivity contribution is -0.145. The number of hydrogen-bond acceptors (Lipinski definition) is 4. The number of halogens is 2. The van der Waals surface area contributed by atoms with Gasteiger partial charge in [-0.3, -0.25) is 4.79 Å². The van der Waals surface area contributed by atoms with E-state index in [4.69, 9.17) is 0 Å². The Morgan fingerprint density at radius 3 is 2.57 bits per heavy atom. The van der Waals surface area contributed by atoms with Crippen LogP contribution in [0.3, 0.4) is 0 Å². The van der Waals surface area contributed by atoms with Gasteiger partial charge >= 0.3 is 5.97 Å². The summed E-state index contributed by atoms with van der Waals surface area (Å²) in [4.78, 5) is 11.0. The first-order valence-corrected chi connectivity index (χ1v) is 7.74. The Hall–Kier alpha value is -1.54. The molecule has 0 aliphatic carbocycles. The predicted molar refractivity (Wildman–Crippen MR) is 69.8 cm³/mol. The summed E-state index contributed by atoms with van der Waals surface area (Å²) in [5.74, 6) is -3.33. The van der Waals surface area contributed by atoms with Crippen molar-refractivity contribution in [2.45, 2.75) is 11.8 Å². The third-order valence-corrected chi connectivity index (χ3v) is 5.46. The van der Waals surface area contributed by atoms with E-state index in [-0.39, 0.29) is 19.0 Å². The van der Waals surface area contributed by atoms with Crippen molar-refractivity contribution >= 4 is 16.0 Å². The second-order valence-corrected chi connectivity index (χ2v) is 6.91. The summed E-state index contributed by atoms with van der Waals surface area (Å²) in [7, 11) is -2.88. The van der Waals surface area contributed by atoms with Crippen LogP contribution in [-0.4, -0.2) is 38.9 Å². The van der Waals surface area contributed by atoms with Crippen molar-refractivity contribution in [2.75, 3.05) is 20.2 Å². The number of sulfonamides is 1. The minimum Gasteiger partial charge on any atom is -0.469 e. The van der Waals surface area contributed by atoms with Crippen LogP contribution >= 0.6 is 0 Å². The molecule has 2 atom stereocenters. The average molecular weight is 319 g/mol. The number of benzene rings is 1. The molecule has 0 spiro atoms. The molecule has 2 rings (SSSR count). The minimum absolute atomic E-state index is 0.0764. The highest BCUT2D eigenvalue weighted by Gasteiger charge is 2.42. The molecule has 1 aliphatic rings. The van der Waals surface area contributed by atoms with Gasteiger partial charge in [-0.25, -0.2) is 17.2 Å². The van der Waals surface area contributed by atoms with Gasteiger partial charge in [0.1, 0.15) is 16.5 Å². The van der Waals surface area contributed by atoms with Crippen molar-refractivity contribution in [2.24, 2.45) is 11.8 Å². The zero-order valence-electron chi connectivity index (χ0n) is 11.5. The highest BCUT2D eigenvalue weighted by atomic mass is 32.2. The summed E-state index contributed by atoms with van der Waals surface area (Å²) in [6.45, 7) is 1.73. The Balaban J connectivity index is 2.31. The van der Waals surface area contributed by atoms with Gasteiger partial charge in [-0.15, -0.1) is 0 Å². The largest absolute Gasteiger partial charge is 0.469 e. The number of hydrogen-bond donors (Lipinski definition) is 0. The number of nitrogens with zero attached hydrogens (tertiary/aromatic N) is 1. The lowest BCUT2D eigenvalue weighted by atomic mass is 9.99. The number of ether oxygens (including phenoxy) is 1. The molecule has 0 bridgehead atoms. The Bertz CT molecular complexity index is 662. The maximum atomic E-state index is 13.7. The monoisotopic (exact) mass is 319 g/mol. The SMILES string of the molecule is COC(=O)C1CN(S(=O)(=O)c2ccc(F)cc2F)CC1C. The Kier molecular flexibility index (Phi) is 4.29. The summed E-state index contributed by atoms with van der Waals surface area (Å²) >= 11 is 0. The van der Waals surface area contributed by atoms with Crippen LogP contribution < -0.4 is 0 Å². The predicted octanol–water partition coefficient (Wildman–Crippen LogP) is 1.39. The molecule has 1 aromatic rings. The van der Waals surface area contributed by atoms with Crippen LogP contribution in [-0.2, 0) is 19.6 Å². The zero-order chi connectivity index (χ0) is 15.8. The van der Waals surface area contributed by atoms with Crippen LogP contribution in [0.5, 0.6) is 0 Å². The second-order valence-electron chi connectivity index (χ2n) is 5.00. The fraction of sp³-hybridized carbons (Fsp3) is 0.462. The standard InChI is InChI=1S/C13H15F2NO4S/c1-8-6-16(7-10(8)13(17)20-2)21(18,19)12-4-3-9(14)5-11(12)15/h3-5,8,10H,6-7H2,1-2H3. The van der Waals surface area contributed by atoms with Gasteiger partial charge in [0.2, 0.25) is 10.0 Å². The molecular formula is C13H15F2NO4S. The topological polar surface area (TPSA) is 63.7 Å². The van der Waals surface area contributed by atoms with Crippen molar-refractivity contribution in [3.05, 3.63) is 29.8 Å². The molecule has 0 radical (unpaired) electrons. The fourth-order valence-corrected chi connectivity index (χ4v) is 4.01. The molecule has 116 valence electrons. The lowest BCUT2D eigenvalue weighted by Gasteiger charge is -2.16. The van der Waals surface area contributed by atoms with Gasteiger partial charge in [0, 0.05) is 19.2 Å². The van der Waals surface area contributed by atoms with Crippen molar-refractivity contribution in [1.29, 1.82) is 0 Å². The fourth-order valence-electron chi connectivity index (χ4n) is 2.40. The van der Waals surface area contributed by atoms with Crippen LogP contribution in [0.25, 0.3) is 0 Å². The second kappa shape index (κ2) is 5.69. The van der Waals surface area contributed by atoms with E-state index in [9.17, 15) is 22.0 Å². The summed E-state index contributed by atoms with van der Waals surface area (Å²) in [5.41, 5.74) is 0. The first kappa shape index (κ1) is 15.8. The average Bonchev–Trinajstić information content (AvgIpc) is 2.80. The molecule has 1 aliphatic heterocycles. The van der Waals surface area contributed by atoms with Gasteiger partial charge in [-0.2, -0.15) is 4.31 Å². The molecule has 1 fully saturated rings. The van der Waals surface area contributed by atoms with Gasteiger partial charge in [-0.1, -0.05) is 6.92 Å². The summed E-state index contributed by atoms with van der Waals surface area (Å²) in [6.07, 6.45) is 0. The van der Waals surface area contributed by atoms with Crippen LogP contribution in [0.4, 0.5) is 8.78 Å². The van der Waals surface area contributed by atoms with Gasteiger partial charge in [0.05, 0.1) is 13.0 Å². The lowest BCUT2D eigenvalue weighted by Crippen LogP contribution is -2.31. The van der Waals surface area contributed by atoms with E-state index in [1.807, 2.05) is 0 Å². The van der Waals surface area contributed by atoms with E-state index < -0.39 is 38.4 Å². The van der Waals surface area contributed by atoms with E-state index in [0.717, 1.165) is 16.4 Å². The maximum absolute atomic E-state index is 13.7. The normalized spacial score (nSPS) is 23.2. The quantitative estimate of drug-likeness (QED) is 0.790. The summed E-state index contributed by atoms with van der Waals surface area (Å²) in [5, 5.41) is 0. The highest BCUT2D eigenvalue weighted by molar-refractivity contribution is 7.89. The molecule has 8 heteroatoms. The molecule has 1 aromatic carbocycles. The van der Waals surface area contributed by atoms with Gasteiger partial charge in [0.25, 0.3) is 0 Å². The van der Waals surface area contributed by atoms with Crippen molar-refractivity contribution in [3.8, 4) is 0 Å². The van der Waals surface area contributed by atoms with Crippen LogP contribution in [0, 0.1) is 23.5 Å². The highest BCUT2D eigenvalue weighted by Crippen LogP contribution is 2.30. The van der Waals surface area contributed by atoms with Crippen molar-refractivity contribution in [3.63, 3.8) is 0 Å². The minimum atomic E-state index is -4.11. The zero-order valence-corrected chi connectivity index (χ0v) is 12.4. The molecule has 0 amide bonds. The summed E-state index contributed by atoms with van der Waals surface area (Å²) < 4.78 is 57.0. The van der Waals surface area contributed by atoms with Gasteiger partial charge in [0.15, 0.2) is 0 Å². The van der Waals surface area contributed by atoms with Crippen LogP contribution in [0.15, 0.2) is 23.1 Å². The van der Waals surface area contributed by atoms with E-state index in [0.29, 0.717) is 6.07 Å². The van der Waals surface area contributed by atoms with Crippen LogP contribution in [0.1, 0.15) is 6.92 Å². The van der Waals surface area contributed by atoms with E-state index >= 15 is 0 Å². The summed E-state index contributed by atoms with van der Waals surface area (Å²) in [6, 6.07) is 2.29. The molecule has 21 heavy (non-hydrogen) atoms. The van der Waals surface area contributed by atoms with Crippen molar-refractivity contribution < 1.29 is 26.7 Å². The molecule has 1 saturated heterocycles. The number of methoxy groups -OCH3 is 1. The maximum Gasteiger partial charge on any atom is 0.310 e. The van der Waals surface area contributed by atoms with Crippen molar-refractivity contribution in [1.82, 2.24) is 4.31 Å². The Morgan fingerprint density at radius 2 is 2.00 bits per heavy atom. The molecule has 0 aromatic heterocycles. The molecule has 5 nitrogen and oxygen atoms in total. The first-order chi connectivity index (χ1) is 9.77. The molecular weight excluding hydrogens is 304 g/mol. The third kappa shape index (κ3) is 2.91. The van der Waals surface area contributed by atoms with Crippen LogP contribution in [0.2, 0.25) is 0 Å². The number of carbonyl (C=O) groups excluding carboxylic acids is 1. The van der Waals surface area contributed by atoms with Gasteiger partial charge < -0.3 is 4.74 Å².